The lowest BCUT2D eigenvalue weighted by Gasteiger charge is -2.20. The molecule has 0 radical (unpaired) electrons. The van der Waals surface area contributed by atoms with E-state index in [1.807, 2.05) is 12.1 Å². The summed E-state index contributed by atoms with van der Waals surface area (Å²) in [5.74, 6) is 0.684. The lowest BCUT2D eigenvalue weighted by atomic mass is 10.0. The van der Waals surface area contributed by atoms with E-state index in [1.165, 1.54) is 0 Å². The molecule has 1 saturated heterocycles. The van der Waals surface area contributed by atoms with E-state index in [-0.39, 0.29) is 0 Å². The Morgan fingerprint density at radius 2 is 2.22 bits per heavy atom. The van der Waals surface area contributed by atoms with E-state index in [2.05, 4.69) is 20.3 Å². The predicted octanol–water partition coefficient (Wildman–Crippen LogP) is 0.588. The zero-order valence-electron chi connectivity index (χ0n) is 9.83. The Bertz CT molecular complexity index is 555. The molecule has 0 spiro atoms. The van der Waals surface area contributed by atoms with E-state index in [0.717, 1.165) is 5.52 Å². The van der Waals surface area contributed by atoms with Crippen molar-refractivity contribution in [3.8, 4) is 0 Å². The second-order valence-electron chi connectivity index (χ2n) is 4.48. The van der Waals surface area contributed by atoms with Crippen molar-refractivity contribution in [3.63, 3.8) is 0 Å². The van der Waals surface area contributed by atoms with Gasteiger partial charge in [-0.1, -0.05) is 0 Å². The maximum atomic E-state index is 10.1. The topological polar surface area (TPSA) is 80.2 Å². The molecule has 0 aliphatic carbocycles. The Hall–Kier alpha value is -1.79. The molecule has 1 aliphatic heterocycles. The number of ether oxygens (including phenoxy) is 1. The van der Waals surface area contributed by atoms with E-state index >= 15 is 0 Å². The summed E-state index contributed by atoms with van der Waals surface area (Å²) in [7, 11) is 0. The van der Waals surface area contributed by atoms with Crippen LogP contribution in [0.25, 0.3) is 11.2 Å². The van der Waals surface area contributed by atoms with Crippen molar-refractivity contribution in [2.75, 3.05) is 25.1 Å². The lowest BCUT2D eigenvalue weighted by Crippen LogP contribution is -2.37. The minimum atomic E-state index is -0.793. The predicted molar refractivity (Wildman–Crippen MR) is 66.2 cm³/mol. The molecule has 0 amide bonds. The molecule has 6 heteroatoms. The number of aliphatic hydroxyl groups is 1. The zero-order chi connectivity index (χ0) is 12.4. The number of hydrogen-bond donors (Lipinski definition) is 2. The van der Waals surface area contributed by atoms with Gasteiger partial charge in [-0.3, -0.25) is 4.98 Å². The first-order valence-corrected chi connectivity index (χ1v) is 5.87. The van der Waals surface area contributed by atoms with Crippen LogP contribution in [0.5, 0.6) is 0 Å². The first-order valence-electron chi connectivity index (χ1n) is 5.87. The molecule has 2 aromatic rings. The smallest absolute Gasteiger partial charge is 0.180 e. The van der Waals surface area contributed by atoms with Crippen molar-refractivity contribution in [1.82, 2.24) is 15.0 Å². The third kappa shape index (κ3) is 2.25. The van der Waals surface area contributed by atoms with E-state index < -0.39 is 5.60 Å². The van der Waals surface area contributed by atoms with Gasteiger partial charge in [0.15, 0.2) is 5.65 Å². The molecule has 1 fully saturated rings. The molecule has 0 aromatic carbocycles. The van der Waals surface area contributed by atoms with Crippen LogP contribution >= 0.6 is 0 Å². The first kappa shape index (κ1) is 11.3. The highest BCUT2D eigenvalue weighted by Crippen LogP contribution is 2.19. The Morgan fingerprint density at radius 1 is 1.33 bits per heavy atom. The van der Waals surface area contributed by atoms with Gasteiger partial charge in [0.2, 0.25) is 0 Å². The third-order valence-corrected chi connectivity index (χ3v) is 3.01. The number of pyridine rings is 1. The summed E-state index contributed by atoms with van der Waals surface area (Å²) < 4.78 is 5.19. The average molecular weight is 246 g/mol. The standard InChI is InChI=1S/C12H14N4O2/c17-12(3-6-18-8-12)7-15-10-2-1-9-11(16-10)14-5-4-13-9/h1-2,4-5,17H,3,6-8H2,(H,14,15,16). The van der Waals surface area contributed by atoms with Crippen molar-refractivity contribution >= 4 is 17.0 Å². The Balaban J connectivity index is 1.74. The maximum Gasteiger partial charge on any atom is 0.180 e. The largest absolute Gasteiger partial charge is 0.386 e. The molecule has 1 aliphatic rings. The SMILES string of the molecule is OC1(CNc2ccc3nccnc3n2)CCOC1. The van der Waals surface area contributed by atoms with E-state index in [1.54, 1.807) is 12.4 Å². The highest BCUT2D eigenvalue weighted by molar-refractivity contribution is 5.71. The number of fused-ring (bicyclic) bond motifs is 1. The van der Waals surface area contributed by atoms with Crippen molar-refractivity contribution < 1.29 is 9.84 Å². The van der Waals surface area contributed by atoms with E-state index in [9.17, 15) is 5.11 Å². The van der Waals surface area contributed by atoms with Gasteiger partial charge in [-0.05, 0) is 12.1 Å². The summed E-state index contributed by atoms with van der Waals surface area (Å²) in [6.45, 7) is 1.40. The minimum absolute atomic E-state index is 0.368. The molecule has 2 N–H and O–H groups in total. The number of rotatable bonds is 3. The second kappa shape index (κ2) is 4.47. The molecule has 1 unspecified atom stereocenters. The van der Waals surface area contributed by atoms with Crippen LogP contribution in [-0.4, -0.2) is 45.4 Å². The van der Waals surface area contributed by atoms with Crippen LogP contribution in [0, 0.1) is 0 Å². The van der Waals surface area contributed by atoms with Crippen molar-refractivity contribution in [3.05, 3.63) is 24.5 Å². The highest BCUT2D eigenvalue weighted by Gasteiger charge is 2.31. The third-order valence-electron chi connectivity index (χ3n) is 3.01. The molecule has 0 saturated carbocycles. The molecular formula is C12H14N4O2. The van der Waals surface area contributed by atoms with E-state index in [4.69, 9.17) is 4.74 Å². The van der Waals surface area contributed by atoms with Crippen LogP contribution in [0.4, 0.5) is 5.82 Å². The summed E-state index contributed by atoms with van der Waals surface area (Å²) in [6.07, 6.45) is 3.89. The first-order chi connectivity index (χ1) is 8.75. The number of aromatic nitrogens is 3. The number of nitrogens with one attached hydrogen (secondary N) is 1. The molecule has 0 bridgehead atoms. The Kier molecular flexibility index (Phi) is 2.81. The van der Waals surface area contributed by atoms with Crippen molar-refractivity contribution in [2.45, 2.75) is 12.0 Å². The fourth-order valence-corrected chi connectivity index (χ4v) is 1.94. The fourth-order valence-electron chi connectivity index (χ4n) is 1.94. The molecule has 6 nitrogen and oxygen atoms in total. The zero-order valence-corrected chi connectivity index (χ0v) is 9.83. The van der Waals surface area contributed by atoms with Crippen molar-refractivity contribution in [1.29, 1.82) is 0 Å². The van der Waals surface area contributed by atoms with Crippen LogP contribution in [0.3, 0.4) is 0 Å². The van der Waals surface area contributed by atoms with E-state index in [0.29, 0.717) is 37.6 Å². The summed E-state index contributed by atoms with van der Waals surface area (Å²) in [5.41, 5.74) is 0.557. The van der Waals surface area contributed by atoms with Gasteiger partial charge in [0.25, 0.3) is 0 Å². The van der Waals surface area contributed by atoms with Crippen molar-refractivity contribution in [2.24, 2.45) is 0 Å². The van der Waals surface area contributed by atoms with Gasteiger partial charge >= 0.3 is 0 Å². The molecule has 3 heterocycles. The number of nitrogens with zero attached hydrogens (tertiary/aromatic N) is 3. The van der Waals surface area contributed by atoms with Gasteiger partial charge in [-0.15, -0.1) is 0 Å². The Labute approximate surface area is 104 Å². The molecular weight excluding hydrogens is 232 g/mol. The molecule has 18 heavy (non-hydrogen) atoms. The second-order valence-corrected chi connectivity index (χ2v) is 4.48. The number of anilines is 1. The molecule has 94 valence electrons. The Morgan fingerprint density at radius 3 is 3.06 bits per heavy atom. The van der Waals surface area contributed by atoms with Gasteiger partial charge in [0.05, 0.1) is 6.61 Å². The number of hydrogen-bond acceptors (Lipinski definition) is 6. The van der Waals surface area contributed by atoms with Gasteiger partial charge in [-0.2, -0.15) is 0 Å². The van der Waals surface area contributed by atoms with Gasteiger partial charge < -0.3 is 15.2 Å². The summed E-state index contributed by atoms with van der Waals surface area (Å²) >= 11 is 0. The fraction of sp³-hybridized carbons (Fsp3) is 0.417. The van der Waals surface area contributed by atoms with Crippen LogP contribution in [0.2, 0.25) is 0 Å². The van der Waals surface area contributed by atoms with Crippen LogP contribution in [0.1, 0.15) is 6.42 Å². The van der Waals surface area contributed by atoms with Crippen LogP contribution < -0.4 is 5.32 Å². The van der Waals surface area contributed by atoms with Gasteiger partial charge in [0.1, 0.15) is 16.9 Å². The monoisotopic (exact) mass is 246 g/mol. The minimum Gasteiger partial charge on any atom is -0.386 e. The quantitative estimate of drug-likeness (QED) is 0.825. The summed E-state index contributed by atoms with van der Waals surface area (Å²) in [6, 6.07) is 3.68. The summed E-state index contributed by atoms with van der Waals surface area (Å²) in [4.78, 5) is 12.6. The maximum absolute atomic E-state index is 10.1. The molecule has 1 atom stereocenters. The summed E-state index contributed by atoms with van der Waals surface area (Å²) in [5, 5.41) is 13.2. The normalized spacial score (nSPS) is 23.4. The molecule has 3 rings (SSSR count). The highest BCUT2D eigenvalue weighted by atomic mass is 16.5. The lowest BCUT2D eigenvalue weighted by molar-refractivity contribution is 0.0381. The van der Waals surface area contributed by atoms with Crippen LogP contribution in [-0.2, 0) is 4.74 Å². The molecule has 2 aromatic heterocycles. The van der Waals surface area contributed by atoms with Crippen LogP contribution in [0.15, 0.2) is 24.5 Å². The van der Waals surface area contributed by atoms with Gasteiger partial charge in [-0.25, -0.2) is 9.97 Å². The van der Waals surface area contributed by atoms with Gasteiger partial charge in [0, 0.05) is 32.0 Å². The average Bonchev–Trinajstić information content (AvgIpc) is 2.84.